The van der Waals surface area contributed by atoms with Crippen molar-refractivity contribution in [2.45, 2.75) is 117 Å². The van der Waals surface area contributed by atoms with E-state index in [1.165, 1.54) is 32.1 Å². The molecule has 1 saturated heterocycles. The Morgan fingerprint density at radius 3 is 2.24 bits per heavy atom. The SMILES string of the molecule is CC(C)[C@H](CC1OC(C)(C)N(C(=O)OC(C)(C)C)[C@H]1CC1CCCCC1)C(N)=O. The highest BCUT2D eigenvalue weighted by Gasteiger charge is 2.52. The molecular formula is C23H42N2O4. The Morgan fingerprint density at radius 1 is 1.17 bits per heavy atom. The lowest BCUT2D eigenvalue weighted by atomic mass is 9.81. The number of rotatable bonds is 6. The van der Waals surface area contributed by atoms with Crippen LogP contribution in [-0.4, -0.2) is 40.4 Å². The standard InChI is InChI=1S/C23H42N2O4/c1-15(2)17(20(24)26)14-19-18(13-16-11-9-8-10-12-16)25(23(6,7)28-19)21(27)29-22(3,4)5/h15-19H,8-14H2,1-7H3,(H2,24,26)/t17-,18-,19?/m0/s1. The number of primary amides is 1. The largest absolute Gasteiger partial charge is 0.444 e. The average Bonchev–Trinajstić information content (AvgIpc) is 2.81. The Kier molecular flexibility index (Phi) is 7.63. The van der Waals surface area contributed by atoms with Crippen molar-refractivity contribution in [3.05, 3.63) is 0 Å². The molecule has 1 heterocycles. The number of carbonyl (C=O) groups excluding carboxylic acids is 2. The molecule has 2 fully saturated rings. The molecule has 1 aliphatic carbocycles. The van der Waals surface area contributed by atoms with Gasteiger partial charge in [-0.05, 0) is 59.3 Å². The van der Waals surface area contributed by atoms with Crippen LogP contribution in [0.15, 0.2) is 0 Å². The molecule has 0 aromatic carbocycles. The van der Waals surface area contributed by atoms with Gasteiger partial charge in [0.15, 0.2) is 0 Å². The van der Waals surface area contributed by atoms with E-state index in [2.05, 4.69) is 0 Å². The molecule has 168 valence electrons. The first-order valence-corrected chi connectivity index (χ1v) is 11.3. The maximum absolute atomic E-state index is 13.2. The van der Waals surface area contributed by atoms with Gasteiger partial charge in [-0.25, -0.2) is 4.79 Å². The fourth-order valence-corrected chi connectivity index (χ4v) is 4.93. The molecule has 3 atom stereocenters. The number of ether oxygens (including phenoxy) is 2. The summed E-state index contributed by atoms with van der Waals surface area (Å²) in [6.07, 6.45) is 7.02. The second-order valence-electron chi connectivity index (χ2n) is 10.7. The van der Waals surface area contributed by atoms with Gasteiger partial charge < -0.3 is 15.2 Å². The van der Waals surface area contributed by atoms with Crippen molar-refractivity contribution in [2.75, 3.05) is 0 Å². The summed E-state index contributed by atoms with van der Waals surface area (Å²) in [5.41, 5.74) is 4.33. The fourth-order valence-electron chi connectivity index (χ4n) is 4.93. The van der Waals surface area contributed by atoms with E-state index in [1.807, 2.05) is 48.5 Å². The number of nitrogens with zero attached hydrogens (tertiary/aromatic N) is 1. The van der Waals surface area contributed by atoms with Crippen molar-refractivity contribution in [1.29, 1.82) is 0 Å². The van der Waals surface area contributed by atoms with Gasteiger partial charge in [-0.1, -0.05) is 46.0 Å². The Labute approximate surface area is 176 Å². The zero-order chi connectivity index (χ0) is 22.0. The molecule has 0 aromatic rings. The number of nitrogens with two attached hydrogens (primary N) is 1. The molecule has 0 radical (unpaired) electrons. The molecule has 6 heteroatoms. The molecule has 1 aliphatic heterocycles. The summed E-state index contributed by atoms with van der Waals surface area (Å²) < 4.78 is 12.1. The van der Waals surface area contributed by atoms with Gasteiger partial charge in [0.25, 0.3) is 0 Å². The minimum Gasteiger partial charge on any atom is -0.444 e. The van der Waals surface area contributed by atoms with Crippen molar-refractivity contribution in [1.82, 2.24) is 4.90 Å². The first-order valence-electron chi connectivity index (χ1n) is 11.3. The van der Waals surface area contributed by atoms with Gasteiger partial charge in [-0.2, -0.15) is 0 Å². The summed E-state index contributed by atoms with van der Waals surface area (Å²) in [4.78, 5) is 27.0. The lowest BCUT2D eigenvalue weighted by Crippen LogP contribution is -2.51. The van der Waals surface area contributed by atoms with Crippen LogP contribution in [0.2, 0.25) is 0 Å². The van der Waals surface area contributed by atoms with E-state index in [-0.39, 0.29) is 36.0 Å². The Balaban J connectivity index is 2.30. The molecule has 29 heavy (non-hydrogen) atoms. The van der Waals surface area contributed by atoms with E-state index in [0.29, 0.717) is 12.3 Å². The summed E-state index contributed by atoms with van der Waals surface area (Å²) in [7, 11) is 0. The predicted molar refractivity (Wildman–Crippen MR) is 114 cm³/mol. The third-order valence-corrected chi connectivity index (χ3v) is 6.33. The first-order chi connectivity index (χ1) is 13.3. The quantitative estimate of drug-likeness (QED) is 0.679. The Hall–Kier alpha value is -1.30. The van der Waals surface area contributed by atoms with Crippen LogP contribution in [0.1, 0.15) is 93.4 Å². The molecule has 2 rings (SSSR count). The molecule has 2 N–H and O–H groups in total. The maximum Gasteiger partial charge on any atom is 0.412 e. The van der Waals surface area contributed by atoms with Gasteiger partial charge in [0, 0.05) is 5.92 Å². The molecule has 1 saturated carbocycles. The van der Waals surface area contributed by atoms with E-state index in [9.17, 15) is 9.59 Å². The van der Waals surface area contributed by atoms with Gasteiger partial charge in [0.2, 0.25) is 5.91 Å². The highest BCUT2D eigenvalue weighted by atomic mass is 16.6. The van der Waals surface area contributed by atoms with E-state index in [4.69, 9.17) is 15.2 Å². The maximum atomic E-state index is 13.2. The molecular weight excluding hydrogens is 368 g/mol. The lowest BCUT2D eigenvalue weighted by molar-refractivity contribution is -0.126. The second-order valence-corrected chi connectivity index (χ2v) is 10.7. The zero-order valence-corrected chi connectivity index (χ0v) is 19.5. The summed E-state index contributed by atoms with van der Waals surface area (Å²) in [6.45, 7) is 13.5. The zero-order valence-electron chi connectivity index (χ0n) is 19.5. The third-order valence-electron chi connectivity index (χ3n) is 6.33. The van der Waals surface area contributed by atoms with Crippen molar-refractivity contribution >= 4 is 12.0 Å². The predicted octanol–water partition coefficient (Wildman–Crippen LogP) is 4.85. The van der Waals surface area contributed by atoms with Crippen LogP contribution in [0, 0.1) is 17.8 Å². The van der Waals surface area contributed by atoms with Gasteiger partial charge in [-0.3, -0.25) is 9.69 Å². The summed E-state index contributed by atoms with van der Waals surface area (Å²) >= 11 is 0. The molecule has 1 unspecified atom stereocenters. The first kappa shape index (κ1) is 24.0. The molecule has 2 amide bonds. The molecule has 0 aromatic heterocycles. The van der Waals surface area contributed by atoms with Crippen molar-refractivity contribution in [3.63, 3.8) is 0 Å². The molecule has 0 spiro atoms. The van der Waals surface area contributed by atoms with Crippen LogP contribution in [0.25, 0.3) is 0 Å². The summed E-state index contributed by atoms with van der Waals surface area (Å²) in [5.74, 6) is 0.131. The van der Waals surface area contributed by atoms with E-state index >= 15 is 0 Å². The van der Waals surface area contributed by atoms with Gasteiger partial charge in [0.05, 0.1) is 12.1 Å². The third kappa shape index (κ3) is 6.34. The monoisotopic (exact) mass is 410 g/mol. The highest BCUT2D eigenvalue weighted by Crippen LogP contribution is 2.41. The van der Waals surface area contributed by atoms with Gasteiger partial charge >= 0.3 is 6.09 Å². The minimum atomic E-state index is -0.786. The molecule has 0 bridgehead atoms. The van der Waals surface area contributed by atoms with E-state index in [0.717, 1.165) is 6.42 Å². The van der Waals surface area contributed by atoms with Crippen molar-refractivity contribution in [3.8, 4) is 0 Å². The second kappa shape index (κ2) is 9.23. The lowest BCUT2D eigenvalue weighted by Gasteiger charge is -2.37. The van der Waals surface area contributed by atoms with Crippen molar-refractivity contribution in [2.24, 2.45) is 23.5 Å². The van der Waals surface area contributed by atoms with E-state index in [1.54, 1.807) is 4.90 Å². The van der Waals surface area contributed by atoms with Crippen LogP contribution < -0.4 is 5.73 Å². The number of hydrogen-bond donors (Lipinski definition) is 1. The highest BCUT2D eigenvalue weighted by molar-refractivity contribution is 5.77. The van der Waals surface area contributed by atoms with E-state index < -0.39 is 11.3 Å². The normalized spacial score (nSPS) is 26.6. The van der Waals surface area contributed by atoms with Gasteiger partial charge in [-0.15, -0.1) is 0 Å². The van der Waals surface area contributed by atoms with Crippen LogP contribution in [0.4, 0.5) is 4.79 Å². The minimum absolute atomic E-state index is 0.108. The number of hydrogen-bond acceptors (Lipinski definition) is 4. The topological polar surface area (TPSA) is 81.9 Å². The van der Waals surface area contributed by atoms with Crippen LogP contribution in [-0.2, 0) is 14.3 Å². The van der Waals surface area contributed by atoms with Crippen LogP contribution >= 0.6 is 0 Å². The molecule has 2 aliphatic rings. The summed E-state index contributed by atoms with van der Waals surface area (Å²) in [6, 6.07) is -0.108. The van der Waals surface area contributed by atoms with Gasteiger partial charge in [0.1, 0.15) is 11.3 Å². The number of amides is 2. The Morgan fingerprint density at radius 2 is 1.76 bits per heavy atom. The van der Waals surface area contributed by atoms with Crippen molar-refractivity contribution < 1.29 is 19.1 Å². The smallest absolute Gasteiger partial charge is 0.412 e. The van der Waals surface area contributed by atoms with Crippen LogP contribution in [0.3, 0.4) is 0 Å². The number of carbonyl (C=O) groups is 2. The fraction of sp³-hybridized carbons (Fsp3) is 0.913. The molecule has 6 nitrogen and oxygen atoms in total. The Bertz CT molecular complexity index is 576. The average molecular weight is 411 g/mol. The van der Waals surface area contributed by atoms with Crippen LogP contribution in [0.5, 0.6) is 0 Å². The summed E-state index contributed by atoms with van der Waals surface area (Å²) in [5, 5.41) is 0.